The molecule has 1 atom stereocenters. The molecule has 2 aliphatic rings. The molecule has 0 fully saturated rings. The van der Waals surface area contributed by atoms with Crippen molar-refractivity contribution in [3.63, 3.8) is 0 Å². The Morgan fingerprint density at radius 3 is 3.30 bits per heavy atom. The maximum atomic E-state index is 2.35. The first kappa shape index (κ1) is 5.96. The SMILES string of the molecule is CC1CC=C2C=CC=C2C1. The van der Waals surface area contributed by atoms with Gasteiger partial charge in [-0.1, -0.05) is 31.2 Å². The Hall–Kier alpha value is -0.780. The van der Waals surface area contributed by atoms with E-state index in [1.54, 1.807) is 5.57 Å². The summed E-state index contributed by atoms with van der Waals surface area (Å²) >= 11 is 0. The van der Waals surface area contributed by atoms with E-state index in [0.29, 0.717) is 0 Å². The number of rotatable bonds is 0. The molecule has 0 aliphatic heterocycles. The molecule has 0 aromatic rings. The lowest BCUT2D eigenvalue weighted by atomic mass is 9.88. The lowest BCUT2D eigenvalue weighted by Crippen LogP contribution is -2.01. The molecule has 0 nitrogen and oxygen atoms in total. The van der Waals surface area contributed by atoms with Gasteiger partial charge in [0.15, 0.2) is 0 Å². The Morgan fingerprint density at radius 1 is 1.50 bits per heavy atom. The summed E-state index contributed by atoms with van der Waals surface area (Å²) < 4.78 is 0. The fourth-order valence-corrected chi connectivity index (χ4v) is 1.64. The van der Waals surface area contributed by atoms with Gasteiger partial charge in [0.05, 0.1) is 0 Å². The van der Waals surface area contributed by atoms with Crippen LogP contribution in [0, 0.1) is 5.92 Å². The highest BCUT2D eigenvalue weighted by Gasteiger charge is 2.14. The van der Waals surface area contributed by atoms with Gasteiger partial charge in [-0.25, -0.2) is 0 Å². The van der Waals surface area contributed by atoms with Gasteiger partial charge >= 0.3 is 0 Å². The van der Waals surface area contributed by atoms with Crippen molar-refractivity contribution in [2.24, 2.45) is 5.92 Å². The summed E-state index contributed by atoms with van der Waals surface area (Å²) in [6.45, 7) is 2.31. The van der Waals surface area contributed by atoms with Crippen molar-refractivity contribution in [1.82, 2.24) is 0 Å². The van der Waals surface area contributed by atoms with Crippen molar-refractivity contribution in [2.45, 2.75) is 19.8 Å². The van der Waals surface area contributed by atoms with Gasteiger partial charge in [-0.2, -0.15) is 0 Å². The van der Waals surface area contributed by atoms with Crippen molar-refractivity contribution in [3.05, 3.63) is 35.5 Å². The number of hydrogen-bond donors (Lipinski definition) is 0. The van der Waals surface area contributed by atoms with Crippen LogP contribution in [-0.2, 0) is 0 Å². The highest BCUT2D eigenvalue weighted by Crippen LogP contribution is 2.31. The smallest absolute Gasteiger partial charge is 0.0244 e. The fourth-order valence-electron chi connectivity index (χ4n) is 1.64. The first-order valence-corrected chi connectivity index (χ1v) is 3.94. The minimum absolute atomic E-state index is 0.856. The number of fused-ring (bicyclic) bond motifs is 1. The third-order valence-corrected chi connectivity index (χ3v) is 2.25. The van der Waals surface area contributed by atoms with Crippen LogP contribution in [0.25, 0.3) is 0 Å². The minimum atomic E-state index is 0.856. The van der Waals surface area contributed by atoms with Crippen LogP contribution < -0.4 is 0 Å². The van der Waals surface area contributed by atoms with Crippen molar-refractivity contribution in [1.29, 1.82) is 0 Å². The van der Waals surface area contributed by atoms with E-state index in [1.165, 1.54) is 18.4 Å². The average molecular weight is 132 g/mol. The molecule has 0 radical (unpaired) electrons. The van der Waals surface area contributed by atoms with Gasteiger partial charge < -0.3 is 0 Å². The molecule has 0 bridgehead atoms. The van der Waals surface area contributed by atoms with Crippen LogP contribution in [0.5, 0.6) is 0 Å². The predicted octanol–water partition coefficient (Wildman–Crippen LogP) is 2.84. The van der Waals surface area contributed by atoms with E-state index in [1.807, 2.05) is 0 Å². The van der Waals surface area contributed by atoms with E-state index < -0.39 is 0 Å². The maximum absolute atomic E-state index is 2.35. The topological polar surface area (TPSA) is 0 Å². The van der Waals surface area contributed by atoms with E-state index in [2.05, 4.69) is 31.2 Å². The number of hydrogen-bond acceptors (Lipinski definition) is 0. The van der Waals surface area contributed by atoms with Gasteiger partial charge in [0.25, 0.3) is 0 Å². The summed E-state index contributed by atoms with van der Waals surface area (Å²) in [5.41, 5.74) is 3.01. The van der Waals surface area contributed by atoms with Crippen LogP contribution in [0.1, 0.15) is 19.8 Å². The molecule has 1 unspecified atom stereocenters. The molecule has 10 heavy (non-hydrogen) atoms. The van der Waals surface area contributed by atoms with E-state index in [0.717, 1.165) is 5.92 Å². The monoisotopic (exact) mass is 132 g/mol. The second-order valence-electron chi connectivity index (χ2n) is 3.26. The maximum Gasteiger partial charge on any atom is -0.0244 e. The standard InChI is InChI=1S/C10H12/c1-8-5-6-9-3-2-4-10(9)7-8/h2-4,6,8H,5,7H2,1H3. The predicted molar refractivity (Wildman–Crippen MR) is 43.7 cm³/mol. The van der Waals surface area contributed by atoms with Crippen molar-refractivity contribution in [3.8, 4) is 0 Å². The Morgan fingerprint density at radius 2 is 2.40 bits per heavy atom. The van der Waals surface area contributed by atoms with Crippen LogP contribution in [0.4, 0.5) is 0 Å². The average Bonchev–Trinajstić information content (AvgIpc) is 2.33. The molecule has 52 valence electrons. The van der Waals surface area contributed by atoms with Gasteiger partial charge in [-0.15, -0.1) is 0 Å². The zero-order valence-corrected chi connectivity index (χ0v) is 6.30. The van der Waals surface area contributed by atoms with Crippen LogP contribution in [0.2, 0.25) is 0 Å². The molecular formula is C10H12. The molecule has 0 amide bonds. The van der Waals surface area contributed by atoms with Crippen LogP contribution in [-0.4, -0.2) is 0 Å². The lowest BCUT2D eigenvalue weighted by Gasteiger charge is -2.17. The van der Waals surface area contributed by atoms with Gasteiger partial charge in [0, 0.05) is 0 Å². The molecular weight excluding hydrogens is 120 g/mol. The zero-order chi connectivity index (χ0) is 6.97. The Kier molecular flexibility index (Phi) is 1.26. The van der Waals surface area contributed by atoms with E-state index in [9.17, 15) is 0 Å². The van der Waals surface area contributed by atoms with Crippen LogP contribution in [0.15, 0.2) is 35.5 Å². The van der Waals surface area contributed by atoms with Gasteiger partial charge in [-0.3, -0.25) is 0 Å². The molecule has 0 aromatic heterocycles. The van der Waals surface area contributed by atoms with E-state index >= 15 is 0 Å². The lowest BCUT2D eigenvalue weighted by molar-refractivity contribution is 0.574. The molecule has 2 aliphatic carbocycles. The first-order valence-electron chi connectivity index (χ1n) is 3.94. The molecule has 0 heterocycles. The molecule has 0 heteroatoms. The molecule has 0 saturated heterocycles. The molecule has 0 N–H and O–H groups in total. The quantitative estimate of drug-likeness (QED) is 0.475. The van der Waals surface area contributed by atoms with Crippen LogP contribution >= 0.6 is 0 Å². The van der Waals surface area contributed by atoms with Crippen molar-refractivity contribution in [2.75, 3.05) is 0 Å². The normalized spacial score (nSPS) is 29.5. The zero-order valence-electron chi connectivity index (χ0n) is 6.30. The largest absolute Gasteiger partial charge is 0.0767 e. The summed E-state index contributed by atoms with van der Waals surface area (Å²) in [5.74, 6) is 0.856. The Bertz CT molecular complexity index is 228. The van der Waals surface area contributed by atoms with Crippen molar-refractivity contribution >= 4 is 0 Å². The van der Waals surface area contributed by atoms with Gasteiger partial charge in [0.1, 0.15) is 0 Å². The summed E-state index contributed by atoms with van der Waals surface area (Å²) in [5, 5.41) is 0. The Labute approximate surface area is 61.9 Å². The third kappa shape index (κ3) is 0.841. The second kappa shape index (κ2) is 2.12. The highest BCUT2D eigenvalue weighted by atomic mass is 14.2. The molecule has 2 rings (SSSR count). The summed E-state index contributed by atoms with van der Waals surface area (Å²) in [6, 6.07) is 0. The van der Waals surface area contributed by atoms with E-state index in [4.69, 9.17) is 0 Å². The highest BCUT2D eigenvalue weighted by molar-refractivity contribution is 5.49. The summed E-state index contributed by atoms with van der Waals surface area (Å²) in [7, 11) is 0. The summed E-state index contributed by atoms with van der Waals surface area (Å²) in [6.07, 6.45) is 11.5. The van der Waals surface area contributed by atoms with E-state index in [-0.39, 0.29) is 0 Å². The van der Waals surface area contributed by atoms with Gasteiger partial charge in [0.2, 0.25) is 0 Å². The summed E-state index contributed by atoms with van der Waals surface area (Å²) in [4.78, 5) is 0. The van der Waals surface area contributed by atoms with Crippen molar-refractivity contribution < 1.29 is 0 Å². The molecule has 0 saturated carbocycles. The Balaban J connectivity index is 2.30. The van der Waals surface area contributed by atoms with Crippen LogP contribution in [0.3, 0.4) is 0 Å². The fraction of sp³-hybridized carbons (Fsp3) is 0.400. The van der Waals surface area contributed by atoms with Gasteiger partial charge in [-0.05, 0) is 29.9 Å². The molecule has 0 aromatic carbocycles. The third-order valence-electron chi connectivity index (χ3n) is 2.25. The molecule has 0 spiro atoms. The number of allylic oxidation sites excluding steroid dienone is 6. The minimum Gasteiger partial charge on any atom is -0.0767 e. The first-order chi connectivity index (χ1) is 4.86. The second-order valence-corrected chi connectivity index (χ2v) is 3.26.